The Kier molecular flexibility index (Phi) is 4.76. The molecule has 0 aliphatic heterocycles. The van der Waals surface area contributed by atoms with E-state index in [2.05, 4.69) is 10.1 Å². The summed E-state index contributed by atoms with van der Waals surface area (Å²) in [4.78, 5) is 16.1. The monoisotopic (exact) mass is 290 g/mol. The average Bonchev–Trinajstić information content (AvgIpc) is 2.93. The molecule has 1 aromatic carbocycles. The maximum absolute atomic E-state index is 12.0. The number of aromatic nitrogens is 3. The van der Waals surface area contributed by atoms with Crippen molar-refractivity contribution in [2.75, 3.05) is 12.8 Å². The van der Waals surface area contributed by atoms with E-state index in [9.17, 15) is 4.79 Å². The smallest absolute Gasteiger partial charge is 0.338 e. The molecule has 112 valence electrons. The summed E-state index contributed by atoms with van der Waals surface area (Å²) in [6.45, 7) is 2.85. The molecule has 1 aromatic heterocycles. The molecule has 21 heavy (non-hydrogen) atoms. The SMILES string of the molecule is CCCn1ncnc1COC(=O)c1ccc(N)c(OC)c1. The summed E-state index contributed by atoms with van der Waals surface area (Å²) in [5, 5.41) is 4.07. The van der Waals surface area contributed by atoms with Gasteiger partial charge in [0.1, 0.15) is 12.1 Å². The first kappa shape index (κ1) is 14.8. The van der Waals surface area contributed by atoms with Crippen LogP contribution in [0.4, 0.5) is 5.69 Å². The Bertz CT molecular complexity index is 624. The Hall–Kier alpha value is -2.57. The summed E-state index contributed by atoms with van der Waals surface area (Å²) < 4.78 is 12.0. The van der Waals surface area contributed by atoms with Crippen LogP contribution in [0.15, 0.2) is 24.5 Å². The number of carbonyl (C=O) groups is 1. The Morgan fingerprint density at radius 1 is 1.43 bits per heavy atom. The summed E-state index contributed by atoms with van der Waals surface area (Å²) in [7, 11) is 1.49. The molecular formula is C14H18N4O3. The van der Waals surface area contributed by atoms with E-state index in [4.69, 9.17) is 15.2 Å². The lowest BCUT2D eigenvalue weighted by atomic mass is 10.2. The number of methoxy groups -OCH3 is 1. The molecular weight excluding hydrogens is 272 g/mol. The van der Waals surface area contributed by atoms with Crippen LogP contribution in [0.2, 0.25) is 0 Å². The summed E-state index contributed by atoms with van der Waals surface area (Å²) >= 11 is 0. The van der Waals surface area contributed by atoms with E-state index in [1.54, 1.807) is 22.9 Å². The van der Waals surface area contributed by atoms with Gasteiger partial charge in [-0.05, 0) is 24.6 Å². The minimum Gasteiger partial charge on any atom is -0.495 e. The van der Waals surface area contributed by atoms with Gasteiger partial charge in [-0.15, -0.1) is 0 Å². The van der Waals surface area contributed by atoms with Crippen molar-refractivity contribution in [1.82, 2.24) is 14.8 Å². The maximum Gasteiger partial charge on any atom is 0.338 e. The van der Waals surface area contributed by atoms with Gasteiger partial charge in [0.05, 0.1) is 18.4 Å². The Morgan fingerprint density at radius 2 is 2.24 bits per heavy atom. The lowest BCUT2D eigenvalue weighted by Gasteiger charge is -2.08. The van der Waals surface area contributed by atoms with Gasteiger partial charge in [0, 0.05) is 6.54 Å². The zero-order valence-electron chi connectivity index (χ0n) is 12.1. The lowest BCUT2D eigenvalue weighted by Crippen LogP contribution is -2.11. The minimum atomic E-state index is -0.459. The number of anilines is 1. The van der Waals surface area contributed by atoms with Gasteiger partial charge in [0.2, 0.25) is 0 Å². The number of esters is 1. The van der Waals surface area contributed by atoms with E-state index in [1.807, 2.05) is 6.92 Å². The largest absolute Gasteiger partial charge is 0.495 e. The number of nitrogens with two attached hydrogens (primary N) is 1. The first-order valence-electron chi connectivity index (χ1n) is 6.63. The number of ether oxygens (including phenoxy) is 2. The molecule has 0 spiro atoms. The summed E-state index contributed by atoms with van der Waals surface area (Å²) in [6, 6.07) is 4.75. The molecule has 2 N–H and O–H groups in total. The Balaban J connectivity index is 2.03. The molecule has 0 aliphatic rings. The molecule has 0 saturated heterocycles. The second-order valence-electron chi connectivity index (χ2n) is 4.43. The van der Waals surface area contributed by atoms with Crippen LogP contribution < -0.4 is 10.5 Å². The normalized spacial score (nSPS) is 10.4. The zero-order chi connectivity index (χ0) is 15.2. The van der Waals surface area contributed by atoms with Crippen molar-refractivity contribution in [1.29, 1.82) is 0 Å². The standard InChI is InChI=1S/C14H18N4O3/c1-3-6-18-13(16-9-17-18)8-21-14(19)10-4-5-11(15)12(7-10)20-2/h4-5,7,9H,3,6,8,15H2,1-2H3. The van der Waals surface area contributed by atoms with Gasteiger partial charge >= 0.3 is 5.97 Å². The molecule has 0 radical (unpaired) electrons. The molecule has 2 rings (SSSR count). The third-order valence-electron chi connectivity index (χ3n) is 2.93. The quantitative estimate of drug-likeness (QED) is 0.642. The second-order valence-corrected chi connectivity index (χ2v) is 4.43. The van der Waals surface area contributed by atoms with E-state index in [0.29, 0.717) is 22.8 Å². The molecule has 0 unspecified atom stereocenters. The third-order valence-corrected chi connectivity index (χ3v) is 2.93. The fourth-order valence-corrected chi connectivity index (χ4v) is 1.85. The van der Waals surface area contributed by atoms with Crippen LogP contribution >= 0.6 is 0 Å². The maximum atomic E-state index is 12.0. The summed E-state index contributed by atoms with van der Waals surface area (Å²) in [5.41, 5.74) is 6.55. The number of hydrogen-bond acceptors (Lipinski definition) is 6. The van der Waals surface area contributed by atoms with Crippen LogP contribution in [-0.4, -0.2) is 27.8 Å². The lowest BCUT2D eigenvalue weighted by molar-refractivity contribution is 0.0456. The number of hydrogen-bond donors (Lipinski definition) is 1. The molecule has 7 nitrogen and oxygen atoms in total. The van der Waals surface area contributed by atoms with E-state index in [0.717, 1.165) is 13.0 Å². The van der Waals surface area contributed by atoms with E-state index < -0.39 is 5.97 Å². The van der Waals surface area contributed by atoms with Crippen LogP contribution in [0, 0.1) is 0 Å². The van der Waals surface area contributed by atoms with Crippen molar-refractivity contribution in [3.8, 4) is 5.75 Å². The van der Waals surface area contributed by atoms with Gasteiger partial charge in [0.25, 0.3) is 0 Å². The molecule has 0 atom stereocenters. The van der Waals surface area contributed by atoms with Gasteiger partial charge in [0.15, 0.2) is 12.4 Å². The average molecular weight is 290 g/mol. The predicted molar refractivity (Wildman–Crippen MR) is 76.8 cm³/mol. The highest BCUT2D eigenvalue weighted by molar-refractivity contribution is 5.90. The molecule has 7 heteroatoms. The highest BCUT2D eigenvalue weighted by Gasteiger charge is 2.12. The third kappa shape index (κ3) is 3.50. The minimum absolute atomic E-state index is 0.0749. The van der Waals surface area contributed by atoms with Gasteiger partial charge in [-0.3, -0.25) is 0 Å². The van der Waals surface area contributed by atoms with Crippen molar-refractivity contribution in [2.24, 2.45) is 0 Å². The molecule has 2 aromatic rings. The van der Waals surface area contributed by atoms with E-state index in [1.165, 1.54) is 13.4 Å². The van der Waals surface area contributed by atoms with E-state index in [-0.39, 0.29) is 6.61 Å². The number of carbonyl (C=O) groups excluding carboxylic acids is 1. The topological polar surface area (TPSA) is 92.3 Å². The number of nitrogen functional groups attached to an aromatic ring is 1. The summed E-state index contributed by atoms with van der Waals surface area (Å²) in [6.07, 6.45) is 2.38. The van der Waals surface area contributed by atoms with Gasteiger partial charge in [-0.25, -0.2) is 14.5 Å². The molecule has 0 saturated carbocycles. The Morgan fingerprint density at radius 3 is 2.95 bits per heavy atom. The number of aryl methyl sites for hydroxylation is 1. The van der Waals surface area contributed by atoms with Crippen molar-refractivity contribution in [3.63, 3.8) is 0 Å². The van der Waals surface area contributed by atoms with Crippen LogP contribution in [0.1, 0.15) is 29.5 Å². The van der Waals surface area contributed by atoms with Crippen LogP contribution in [-0.2, 0) is 17.9 Å². The molecule has 1 heterocycles. The summed E-state index contributed by atoms with van der Waals surface area (Å²) in [5.74, 6) is 0.602. The molecule has 0 aliphatic carbocycles. The van der Waals surface area contributed by atoms with Crippen LogP contribution in [0.25, 0.3) is 0 Å². The number of rotatable bonds is 6. The second kappa shape index (κ2) is 6.74. The first-order valence-corrected chi connectivity index (χ1v) is 6.63. The van der Waals surface area contributed by atoms with Crippen LogP contribution in [0.3, 0.4) is 0 Å². The Labute approximate surface area is 122 Å². The highest BCUT2D eigenvalue weighted by atomic mass is 16.5. The fourth-order valence-electron chi connectivity index (χ4n) is 1.85. The van der Waals surface area contributed by atoms with Gasteiger partial charge < -0.3 is 15.2 Å². The van der Waals surface area contributed by atoms with Gasteiger partial charge in [-0.2, -0.15) is 5.10 Å². The van der Waals surface area contributed by atoms with Crippen molar-refractivity contribution in [3.05, 3.63) is 35.9 Å². The van der Waals surface area contributed by atoms with Gasteiger partial charge in [-0.1, -0.05) is 6.92 Å². The van der Waals surface area contributed by atoms with Crippen molar-refractivity contribution < 1.29 is 14.3 Å². The molecule has 0 fully saturated rings. The zero-order valence-corrected chi connectivity index (χ0v) is 12.1. The molecule has 0 amide bonds. The predicted octanol–water partition coefficient (Wildman–Crippen LogP) is 1.64. The first-order chi connectivity index (χ1) is 10.2. The fraction of sp³-hybridized carbons (Fsp3) is 0.357. The number of benzene rings is 1. The highest BCUT2D eigenvalue weighted by Crippen LogP contribution is 2.22. The molecule has 0 bridgehead atoms. The number of nitrogens with zero attached hydrogens (tertiary/aromatic N) is 3. The van der Waals surface area contributed by atoms with Crippen LogP contribution in [0.5, 0.6) is 5.75 Å². The van der Waals surface area contributed by atoms with Crippen molar-refractivity contribution >= 4 is 11.7 Å². The van der Waals surface area contributed by atoms with Crippen molar-refractivity contribution in [2.45, 2.75) is 26.5 Å². The van der Waals surface area contributed by atoms with E-state index >= 15 is 0 Å².